The average molecular weight is 342 g/mol. The van der Waals surface area contributed by atoms with Gasteiger partial charge in [0, 0.05) is 6.07 Å². The number of fused-ring (bicyclic) bond motifs is 1. The number of aromatic nitrogens is 1. The van der Waals surface area contributed by atoms with Gasteiger partial charge in [0.05, 0.1) is 16.8 Å². The summed E-state index contributed by atoms with van der Waals surface area (Å²) in [6.45, 7) is 5.17. The highest BCUT2D eigenvalue weighted by Crippen LogP contribution is 2.27. The molecule has 0 bridgehead atoms. The molecular weight excluding hydrogens is 324 g/mol. The zero-order chi connectivity index (χ0) is 18.1. The van der Waals surface area contributed by atoms with Gasteiger partial charge in [0.25, 0.3) is 11.8 Å². The molecule has 2 amide bonds. The van der Waals surface area contributed by atoms with Gasteiger partial charge in [0.15, 0.2) is 12.4 Å². The molecule has 3 rings (SSSR count). The maximum absolute atomic E-state index is 12.6. The SMILES string of the molecule is Cc1cc(COC(=O)[C@H](C(C)C)N2C(=O)c3ccccc3C2=O)on1. The van der Waals surface area contributed by atoms with Crippen molar-refractivity contribution in [3.05, 3.63) is 52.9 Å². The minimum absolute atomic E-state index is 0.105. The summed E-state index contributed by atoms with van der Waals surface area (Å²) >= 11 is 0. The summed E-state index contributed by atoms with van der Waals surface area (Å²) in [6, 6.07) is 7.17. The van der Waals surface area contributed by atoms with E-state index in [4.69, 9.17) is 9.26 Å². The highest BCUT2D eigenvalue weighted by molar-refractivity contribution is 6.22. The lowest BCUT2D eigenvalue weighted by Crippen LogP contribution is -2.48. The van der Waals surface area contributed by atoms with Crippen LogP contribution in [-0.4, -0.2) is 33.9 Å². The first-order valence-electron chi connectivity index (χ1n) is 7.96. The number of aryl methyl sites for hydroxylation is 1. The van der Waals surface area contributed by atoms with Gasteiger partial charge in [-0.1, -0.05) is 31.1 Å². The van der Waals surface area contributed by atoms with Crippen molar-refractivity contribution in [3.63, 3.8) is 0 Å². The number of benzene rings is 1. The van der Waals surface area contributed by atoms with Crippen LogP contribution in [0.3, 0.4) is 0 Å². The van der Waals surface area contributed by atoms with Crippen LogP contribution in [0.1, 0.15) is 46.0 Å². The lowest BCUT2D eigenvalue weighted by Gasteiger charge is -2.27. The van der Waals surface area contributed by atoms with E-state index in [0.29, 0.717) is 22.6 Å². The van der Waals surface area contributed by atoms with Gasteiger partial charge in [-0.3, -0.25) is 14.5 Å². The van der Waals surface area contributed by atoms with Crippen LogP contribution in [0.25, 0.3) is 0 Å². The standard InChI is InChI=1S/C18H18N2O5/c1-10(2)15(18(23)24-9-12-8-11(3)19-25-12)20-16(21)13-6-4-5-7-14(13)17(20)22/h4-8,10,15H,9H2,1-3H3/t15-/m0/s1. The van der Waals surface area contributed by atoms with Crippen molar-refractivity contribution < 1.29 is 23.6 Å². The second-order valence-electron chi connectivity index (χ2n) is 6.26. The number of carbonyl (C=O) groups excluding carboxylic acids is 3. The Morgan fingerprint density at radius 2 is 1.80 bits per heavy atom. The van der Waals surface area contributed by atoms with Crippen molar-refractivity contribution in [3.8, 4) is 0 Å². The molecule has 2 heterocycles. The molecule has 1 atom stereocenters. The molecule has 7 nitrogen and oxygen atoms in total. The first-order valence-corrected chi connectivity index (χ1v) is 7.96. The van der Waals surface area contributed by atoms with E-state index in [-0.39, 0.29) is 12.5 Å². The summed E-state index contributed by atoms with van der Waals surface area (Å²) in [5.41, 5.74) is 1.28. The monoisotopic (exact) mass is 342 g/mol. The van der Waals surface area contributed by atoms with Crippen LogP contribution < -0.4 is 0 Å². The van der Waals surface area contributed by atoms with Crippen LogP contribution in [0.15, 0.2) is 34.9 Å². The van der Waals surface area contributed by atoms with Crippen molar-refractivity contribution in [1.82, 2.24) is 10.1 Å². The topological polar surface area (TPSA) is 89.7 Å². The maximum Gasteiger partial charge on any atom is 0.330 e. The molecule has 0 radical (unpaired) electrons. The van der Waals surface area contributed by atoms with Crippen LogP contribution in [0, 0.1) is 12.8 Å². The third-order valence-corrected chi connectivity index (χ3v) is 4.01. The number of hydrogen-bond acceptors (Lipinski definition) is 6. The lowest BCUT2D eigenvalue weighted by molar-refractivity contribution is -0.151. The van der Waals surface area contributed by atoms with Crippen molar-refractivity contribution in [1.29, 1.82) is 0 Å². The normalized spacial score (nSPS) is 14.8. The number of nitrogens with zero attached hydrogens (tertiary/aromatic N) is 2. The molecule has 0 saturated carbocycles. The molecule has 2 aromatic rings. The summed E-state index contributed by atoms with van der Waals surface area (Å²) in [5, 5.41) is 3.72. The van der Waals surface area contributed by atoms with Gasteiger partial charge in [-0.25, -0.2) is 4.79 Å². The van der Waals surface area contributed by atoms with E-state index in [2.05, 4.69) is 5.16 Å². The maximum atomic E-state index is 12.6. The molecular formula is C18H18N2O5. The van der Waals surface area contributed by atoms with Crippen molar-refractivity contribution >= 4 is 17.8 Å². The number of amides is 2. The number of rotatable bonds is 5. The largest absolute Gasteiger partial charge is 0.456 e. The minimum atomic E-state index is -1.00. The summed E-state index contributed by atoms with van der Waals surface area (Å²) in [5.74, 6) is -1.51. The highest BCUT2D eigenvalue weighted by atomic mass is 16.6. The Kier molecular flexibility index (Phi) is 4.39. The molecule has 0 fully saturated rings. The summed E-state index contributed by atoms with van der Waals surface area (Å²) in [4.78, 5) is 38.8. The zero-order valence-electron chi connectivity index (χ0n) is 14.2. The van der Waals surface area contributed by atoms with Gasteiger partial charge in [0.2, 0.25) is 0 Å². The Balaban J connectivity index is 1.81. The van der Waals surface area contributed by atoms with Gasteiger partial charge in [0.1, 0.15) is 6.04 Å². The van der Waals surface area contributed by atoms with Crippen LogP contribution >= 0.6 is 0 Å². The number of ether oxygens (including phenoxy) is 1. The number of hydrogen-bond donors (Lipinski definition) is 0. The Morgan fingerprint density at radius 3 is 2.28 bits per heavy atom. The molecule has 7 heteroatoms. The fourth-order valence-electron chi connectivity index (χ4n) is 2.85. The van der Waals surface area contributed by atoms with Crippen molar-refractivity contribution in [2.24, 2.45) is 5.92 Å². The fourth-order valence-corrected chi connectivity index (χ4v) is 2.85. The molecule has 1 aromatic heterocycles. The van der Waals surface area contributed by atoms with Crippen molar-refractivity contribution in [2.45, 2.75) is 33.4 Å². The molecule has 25 heavy (non-hydrogen) atoms. The van der Waals surface area contributed by atoms with E-state index < -0.39 is 23.8 Å². The molecule has 1 aliphatic rings. The first-order chi connectivity index (χ1) is 11.9. The predicted octanol–water partition coefficient (Wildman–Crippen LogP) is 2.35. The first kappa shape index (κ1) is 16.9. The summed E-state index contributed by atoms with van der Waals surface area (Å²) in [7, 11) is 0. The van der Waals surface area contributed by atoms with E-state index >= 15 is 0 Å². The van der Waals surface area contributed by atoms with E-state index in [1.807, 2.05) is 0 Å². The van der Waals surface area contributed by atoms with E-state index in [1.165, 1.54) is 0 Å². The second-order valence-corrected chi connectivity index (χ2v) is 6.26. The lowest BCUT2D eigenvalue weighted by atomic mass is 10.0. The van der Waals surface area contributed by atoms with E-state index in [1.54, 1.807) is 51.1 Å². The molecule has 130 valence electrons. The van der Waals surface area contributed by atoms with Crippen LogP contribution in [-0.2, 0) is 16.1 Å². The minimum Gasteiger partial charge on any atom is -0.456 e. The molecule has 1 aliphatic heterocycles. The smallest absolute Gasteiger partial charge is 0.330 e. The molecule has 0 aliphatic carbocycles. The van der Waals surface area contributed by atoms with Gasteiger partial charge < -0.3 is 9.26 Å². The highest BCUT2D eigenvalue weighted by Gasteiger charge is 2.44. The quantitative estimate of drug-likeness (QED) is 0.612. The Bertz CT molecular complexity index is 804. The van der Waals surface area contributed by atoms with E-state index in [0.717, 1.165) is 4.90 Å². The third-order valence-electron chi connectivity index (χ3n) is 4.01. The molecule has 0 saturated heterocycles. The molecule has 1 aromatic carbocycles. The molecule has 0 unspecified atom stereocenters. The summed E-state index contributed by atoms with van der Waals surface area (Å²) < 4.78 is 10.3. The van der Waals surface area contributed by atoms with Gasteiger partial charge in [-0.15, -0.1) is 0 Å². The Labute approximate surface area is 144 Å². The number of esters is 1. The summed E-state index contributed by atoms with van der Waals surface area (Å²) in [6.07, 6.45) is 0. The Morgan fingerprint density at radius 1 is 1.20 bits per heavy atom. The predicted molar refractivity (Wildman–Crippen MR) is 86.6 cm³/mol. The third kappa shape index (κ3) is 3.05. The number of imide groups is 1. The fraction of sp³-hybridized carbons (Fsp3) is 0.333. The second kappa shape index (κ2) is 6.51. The Hall–Kier alpha value is -2.96. The molecule has 0 spiro atoms. The van der Waals surface area contributed by atoms with Crippen LogP contribution in [0.4, 0.5) is 0 Å². The van der Waals surface area contributed by atoms with Crippen molar-refractivity contribution in [2.75, 3.05) is 0 Å². The molecule has 0 N–H and O–H groups in total. The van der Waals surface area contributed by atoms with Gasteiger partial charge >= 0.3 is 5.97 Å². The van der Waals surface area contributed by atoms with Crippen LogP contribution in [0.5, 0.6) is 0 Å². The average Bonchev–Trinajstić information content (AvgIpc) is 3.10. The van der Waals surface area contributed by atoms with Gasteiger partial charge in [-0.05, 0) is 25.0 Å². The van der Waals surface area contributed by atoms with E-state index in [9.17, 15) is 14.4 Å². The van der Waals surface area contributed by atoms with Gasteiger partial charge in [-0.2, -0.15) is 0 Å². The zero-order valence-corrected chi connectivity index (χ0v) is 14.2. The number of carbonyl (C=O) groups is 3. The van der Waals surface area contributed by atoms with Crippen LogP contribution in [0.2, 0.25) is 0 Å².